The van der Waals surface area contributed by atoms with Gasteiger partial charge in [0.15, 0.2) is 0 Å². The lowest BCUT2D eigenvalue weighted by Gasteiger charge is -2.34. The van der Waals surface area contributed by atoms with Gasteiger partial charge in [-0.3, -0.25) is 19.8 Å². The number of nitro benzene ring substituents is 1. The van der Waals surface area contributed by atoms with E-state index in [1.165, 1.54) is 11.6 Å². The van der Waals surface area contributed by atoms with Crippen LogP contribution < -0.4 is 0 Å². The minimum absolute atomic E-state index is 0.143. The summed E-state index contributed by atoms with van der Waals surface area (Å²) in [5, 5.41) is 10.8. The molecule has 1 saturated heterocycles. The number of carbonyl (C=O) groups is 1. The highest BCUT2D eigenvalue weighted by atomic mass is 19.1. The van der Waals surface area contributed by atoms with E-state index in [0.29, 0.717) is 13.1 Å². The second kappa shape index (κ2) is 7.40. The number of benzene rings is 2. The maximum atomic E-state index is 13.4. The molecule has 1 heterocycles. The highest BCUT2D eigenvalue weighted by molar-refractivity contribution is 5.95. The van der Waals surface area contributed by atoms with Crippen molar-refractivity contribution in [2.24, 2.45) is 0 Å². The van der Waals surface area contributed by atoms with E-state index in [1.807, 2.05) is 18.2 Å². The Hall–Kier alpha value is -2.80. The summed E-state index contributed by atoms with van der Waals surface area (Å²) in [7, 11) is 0. The standard InChI is InChI=1S/C18H18FN3O3/c19-16-7-6-15(12-17(16)22(24)25)18(23)21-10-8-20(9-11-21)13-14-4-2-1-3-5-14/h1-7,12H,8-11,13H2. The average molecular weight is 343 g/mol. The monoisotopic (exact) mass is 343 g/mol. The van der Waals surface area contributed by atoms with E-state index in [0.717, 1.165) is 31.8 Å². The quantitative estimate of drug-likeness (QED) is 0.632. The van der Waals surface area contributed by atoms with Crippen molar-refractivity contribution in [2.45, 2.75) is 6.54 Å². The van der Waals surface area contributed by atoms with Gasteiger partial charge in [0.05, 0.1) is 4.92 Å². The molecule has 7 heteroatoms. The van der Waals surface area contributed by atoms with Gasteiger partial charge in [0.2, 0.25) is 5.82 Å². The van der Waals surface area contributed by atoms with Gasteiger partial charge in [0.1, 0.15) is 0 Å². The van der Waals surface area contributed by atoms with Crippen LogP contribution in [-0.4, -0.2) is 46.8 Å². The molecule has 1 amide bonds. The fourth-order valence-electron chi connectivity index (χ4n) is 2.92. The zero-order chi connectivity index (χ0) is 17.8. The third kappa shape index (κ3) is 4.00. The van der Waals surface area contributed by atoms with Crippen LogP contribution >= 0.6 is 0 Å². The number of nitrogens with zero attached hydrogens (tertiary/aromatic N) is 3. The van der Waals surface area contributed by atoms with Crippen molar-refractivity contribution < 1.29 is 14.1 Å². The summed E-state index contributed by atoms with van der Waals surface area (Å²) in [6.07, 6.45) is 0. The number of amides is 1. The normalized spacial score (nSPS) is 15.2. The Balaban J connectivity index is 1.62. The molecule has 0 unspecified atom stereocenters. The number of nitro groups is 1. The van der Waals surface area contributed by atoms with Crippen molar-refractivity contribution in [3.8, 4) is 0 Å². The Labute approximate surface area is 144 Å². The summed E-state index contributed by atoms with van der Waals surface area (Å²) < 4.78 is 13.4. The molecule has 3 rings (SSSR count). The first-order chi connectivity index (χ1) is 12.0. The molecule has 2 aromatic carbocycles. The number of hydrogen-bond acceptors (Lipinski definition) is 4. The van der Waals surface area contributed by atoms with Crippen LogP contribution in [0, 0.1) is 15.9 Å². The van der Waals surface area contributed by atoms with Crippen molar-refractivity contribution in [2.75, 3.05) is 26.2 Å². The van der Waals surface area contributed by atoms with Gasteiger partial charge >= 0.3 is 5.69 Å². The van der Waals surface area contributed by atoms with E-state index in [1.54, 1.807) is 4.90 Å². The third-order valence-electron chi connectivity index (χ3n) is 4.30. The highest BCUT2D eigenvalue weighted by Crippen LogP contribution is 2.20. The molecular weight excluding hydrogens is 325 g/mol. The fourth-order valence-corrected chi connectivity index (χ4v) is 2.92. The molecule has 0 bridgehead atoms. The van der Waals surface area contributed by atoms with Crippen LogP contribution in [-0.2, 0) is 6.54 Å². The average Bonchev–Trinajstić information content (AvgIpc) is 2.63. The van der Waals surface area contributed by atoms with Gasteiger partial charge in [-0.2, -0.15) is 4.39 Å². The molecule has 0 radical (unpaired) electrons. The second-order valence-corrected chi connectivity index (χ2v) is 5.98. The lowest BCUT2D eigenvalue weighted by Crippen LogP contribution is -2.48. The summed E-state index contributed by atoms with van der Waals surface area (Å²) in [5.74, 6) is -1.24. The third-order valence-corrected chi connectivity index (χ3v) is 4.30. The molecular formula is C18H18FN3O3. The zero-order valence-electron chi connectivity index (χ0n) is 13.6. The van der Waals surface area contributed by atoms with Crippen LogP contribution in [0.3, 0.4) is 0 Å². The Morgan fingerprint density at radius 2 is 1.76 bits per heavy atom. The molecule has 6 nitrogen and oxygen atoms in total. The summed E-state index contributed by atoms with van der Waals surface area (Å²) in [6, 6.07) is 13.4. The van der Waals surface area contributed by atoms with Gasteiger partial charge in [-0.25, -0.2) is 0 Å². The first-order valence-electron chi connectivity index (χ1n) is 8.04. The van der Waals surface area contributed by atoms with Gasteiger partial charge in [0.25, 0.3) is 5.91 Å². The van der Waals surface area contributed by atoms with Crippen molar-refractivity contribution in [3.63, 3.8) is 0 Å². The topological polar surface area (TPSA) is 66.7 Å². The molecule has 1 aliphatic heterocycles. The largest absolute Gasteiger partial charge is 0.336 e. The van der Waals surface area contributed by atoms with Crippen LogP contribution in [0.15, 0.2) is 48.5 Å². The van der Waals surface area contributed by atoms with Crippen LogP contribution in [0.25, 0.3) is 0 Å². The Morgan fingerprint density at radius 1 is 1.08 bits per heavy atom. The Morgan fingerprint density at radius 3 is 2.40 bits per heavy atom. The predicted molar refractivity (Wildman–Crippen MR) is 90.7 cm³/mol. The summed E-state index contributed by atoms with van der Waals surface area (Å²) in [4.78, 5) is 26.4. The first-order valence-corrected chi connectivity index (χ1v) is 8.04. The SMILES string of the molecule is O=C(c1ccc(F)c([N+](=O)[O-])c1)N1CCN(Cc2ccccc2)CC1. The van der Waals surface area contributed by atoms with Crippen molar-refractivity contribution in [3.05, 3.63) is 75.6 Å². The smallest absolute Gasteiger partial charge is 0.305 e. The molecule has 0 saturated carbocycles. The lowest BCUT2D eigenvalue weighted by molar-refractivity contribution is -0.387. The Bertz CT molecular complexity index is 774. The molecule has 0 N–H and O–H groups in total. The number of rotatable bonds is 4. The first kappa shape index (κ1) is 17.0. The fraction of sp³-hybridized carbons (Fsp3) is 0.278. The van der Waals surface area contributed by atoms with E-state index >= 15 is 0 Å². The molecule has 130 valence electrons. The molecule has 0 spiro atoms. The van der Waals surface area contributed by atoms with Gasteiger partial charge < -0.3 is 4.90 Å². The minimum Gasteiger partial charge on any atom is -0.336 e. The van der Waals surface area contributed by atoms with Crippen molar-refractivity contribution in [1.82, 2.24) is 9.80 Å². The van der Waals surface area contributed by atoms with Crippen LogP contribution in [0.5, 0.6) is 0 Å². The molecule has 0 aromatic heterocycles. The van der Waals surface area contributed by atoms with E-state index in [-0.39, 0.29) is 11.5 Å². The lowest BCUT2D eigenvalue weighted by atomic mass is 10.1. The minimum atomic E-state index is -0.936. The van der Waals surface area contributed by atoms with Crippen LogP contribution in [0.4, 0.5) is 10.1 Å². The van der Waals surface area contributed by atoms with Gasteiger partial charge in [-0.15, -0.1) is 0 Å². The van der Waals surface area contributed by atoms with Gasteiger partial charge in [-0.05, 0) is 17.7 Å². The number of hydrogen-bond donors (Lipinski definition) is 0. The number of piperazine rings is 1. The van der Waals surface area contributed by atoms with Gasteiger partial charge in [-0.1, -0.05) is 30.3 Å². The molecule has 0 atom stereocenters. The number of halogens is 1. The maximum absolute atomic E-state index is 13.4. The zero-order valence-corrected chi connectivity index (χ0v) is 13.6. The summed E-state index contributed by atoms with van der Waals surface area (Å²) in [5.41, 5.74) is 0.689. The highest BCUT2D eigenvalue weighted by Gasteiger charge is 2.24. The molecule has 1 aliphatic rings. The van der Waals surface area contributed by atoms with Crippen molar-refractivity contribution in [1.29, 1.82) is 0 Å². The Kier molecular flexibility index (Phi) is 5.04. The van der Waals surface area contributed by atoms with Gasteiger partial charge in [0, 0.05) is 44.4 Å². The summed E-state index contributed by atoms with van der Waals surface area (Å²) in [6.45, 7) is 3.35. The van der Waals surface area contributed by atoms with Crippen LogP contribution in [0.2, 0.25) is 0 Å². The molecule has 25 heavy (non-hydrogen) atoms. The second-order valence-electron chi connectivity index (χ2n) is 5.98. The van der Waals surface area contributed by atoms with Crippen molar-refractivity contribution >= 4 is 11.6 Å². The van der Waals surface area contributed by atoms with E-state index in [9.17, 15) is 19.3 Å². The molecule has 0 aliphatic carbocycles. The number of carbonyl (C=O) groups excluding carboxylic acids is 1. The van der Waals surface area contributed by atoms with Crippen LogP contribution in [0.1, 0.15) is 15.9 Å². The molecule has 1 fully saturated rings. The molecule has 2 aromatic rings. The maximum Gasteiger partial charge on any atom is 0.305 e. The van der Waals surface area contributed by atoms with E-state index in [2.05, 4.69) is 17.0 Å². The van der Waals surface area contributed by atoms with E-state index in [4.69, 9.17) is 0 Å². The van der Waals surface area contributed by atoms with E-state index < -0.39 is 16.4 Å². The summed E-state index contributed by atoms with van der Waals surface area (Å²) >= 11 is 0. The predicted octanol–water partition coefficient (Wildman–Crippen LogP) is 2.69.